The van der Waals surface area contributed by atoms with E-state index in [4.69, 9.17) is 0 Å². The number of benzene rings is 1. The van der Waals surface area contributed by atoms with Gasteiger partial charge in [0, 0.05) is 12.4 Å². The van der Waals surface area contributed by atoms with Crippen molar-refractivity contribution in [3.8, 4) is 0 Å². The number of pyridine rings is 1. The van der Waals surface area contributed by atoms with E-state index in [1.807, 2.05) is 6.07 Å². The summed E-state index contributed by atoms with van der Waals surface area (Å²) in [5.74, 6) is -0.609. The summed E-state index contributed by atoms with van der Waals surface area (Å²) in [6.45, 7) is 0. The second-order valence-corrected chi connectivity index (χ2v) is 6.28. The van der Waals surface area contributed by atoms with Crippen molar-refractivity contribution >= 4 is 22.6 Å². The Morgan fingerprint density at radius 2 is 1.83 bits per heavy atom. The minimum Gasteiger partial charge on any atom is -0.357 e. The molecule has 1 aliphatic rings. The Morgan fingerprint density at radius 3 is 2.54 bits per heavy atom. The Bertz CT molecular complexity index is 835. The van der Waals surface area contributed by atoms with Crippen molar-refractivity contribution in [2.24, 2.45) is 0 Å². The maximum Gasteiger partial charge on any atom is 0.268 e. The van der Waals surface area contributed by atoms with Crippen molar-refractivity contribution in [2.45, 2.75) is 37.6 Å². The number of rotatable bonds is 3. The number of carbonyl (C=O) groups is 2. The van der Waals surface area contributed by atoms with E-state index < -0.39 is 11.4 Å². The highest BCUT2D eigenvalue weighted by Crippen LogP contribution is 2.28. The minimum atomic E-state index is -0.896. The van der Waals surface area contributed by atoms with Crippen molar-refractivity contribution in [2.75, 3.05) is 7.05 Å². The third-order valence-corrected chi connectivity index (χ3v) is 4.72. The lowest BCUT2D eigenvalue weighted by molar-refractivity contribution is -0.128. The predicted octanol–water partition coefficient (Wildman–Crippen LogP) is 1.71. The van der Waals surface area contributed by atoms with E-state index in [0.29, 0.717) is 23.6 Å². The summed E-state index contributed by atoms with van der Waals surface area (Å²) >= 11 is 0. The molecule has 1 aromatic carbocycles. The Morgan fingerprint density at radius 1 is 1.12 bits per heavy atom. The molecule has 2 aromatic rings. The molecule has 0 saturated heterocycles. The van der Waals surface area contributed by atoms with Gasteiger partial charge in [-0.25, -0.2) is 0 Å². The van der Waals surface area contributed by atoms with Crippen LogP contribution in [0, 0.1) is 0 Å². The monoisotopic (exact) mass is 327 g/mol. The second kappa shape index (κ2) is 6.47. The predicted molar refractivity (Wildman–Crippen MR) is 91.9 cm³/mol. The molecule has 3 N–H and O–H groups in total. The zero-order valence-corrected chi connectivity index (χ0v) is 13.6. The third-order valence-electron chi connectivity index (χ3n) is 4.72. The van der Waals surface area contributed by atoms with Gasteiger partial charge in [0.2, 0.25) is 5.91 Å². The quantitative estimate of drug-likeness (QED) is 0.801. The van der Waals surface area contributed by atoms with E-state index in [0.717, 1.165) is 19.3 Å². The highest BCUT2D eigenvalue weighted by atomic mass is 16.2. The van der Waals surface area contributed by atoms with Gasteiger partial charge in [-0.1, -0.05) is 37.5 Å². The Hall–Kier alpha value is -2.63. The van der Waals surface area contributed by atoms with Gasteiger partial charge in [-0.05, 0) is 30.4 Å². The van der Waals surface area contributed by atoms with Crippen molar-refractivity contribution in [1.82, 2.24) is 15.6 Å². The number of aromatic amines is 1. The van der Waals surface area contributed by atoms with Crippen LogP contribution < -0.4 is 16.2 Å². The van der Waals surface area contributed by atoms with Crippen molar-refractivity contribution < 1.29 is 9.59 Å². The summed E-state index contributed by atoms with van der Waals surface area (Å²) in [4.78, 5) is 39.8. The first kappa shape index (κ1) is 16.2. The average molecular weight is 327 g/mol. The van der Waals surface area contributed by atoms with E-state index >= 15 is 0 Å². The molecule has 1 aromatic heterocycles. The molecule has 6 nitrogen and oxygen atoms in total. The van der Waals surface area contributed by atoms with Gasteiger partial charge in [0.1, 0.15) is 11.2 Å². The standard InChI is InChI=1S/C18H21N3O3/c1-19-17(24)18(9-5-2-6-10-18)21-16(23)14-11-12-7-3-4-8-13(12)15(22)20-14/h3-4,7-8,11H,2,5-6,9-10H2,1H3,(H,19,24)(H,20,22)(H,21,23). The molecular formula is C18H21N3O3. The number of amides is 2. The van der Waals surface area contributed by atoms with Gasteiger partial charge in [-0.15, -0.1) is 0 Å². The van der Waals surface area contributed by atoms with E-state index in [-0.39, 0.29) is 17.2 Å². The third kappa shape index (κ3) is 2.91. The van der Waals surface area contributed by atoms with Crippen LogP contribution in [0.15, 0.2) is 35.1 Å². The van der Waals surface area contributed by atoms with Crippen molar-refractivity contribution in [3.63, 3.8) is 0 Å². The molecule has 0 spiro atoms. The van der Waals surface area contributed by atoms with Crippen molar-refractivity contribution in [3.05, 3.63) is 46.4 Å². The summed E-state index contributed by atoms with van der Waals surface area (Å²) in [7, 11) is 1.57. The summed E-state index contributed by atoms with van der Waals surface area (Å²) in [6, 6.07) is 8.74. The summed E-state index contributed by atoms with van der Waals surface area (Å²) in [5.41, 5.74) is -1.03. The number of aromatic nitrogens is 1. The SMILES string of the molecule is CNC(=O)C1(NC(=O)c2cc3ccccc3c(=O)[nH]2)CCCCC1. The van der Waals surface area contributed by atoms with E-state index in [2.05, 4.69) is 15.6 Å². The molecular weight excluding hydrogens is 306 g/mol. The van der Waals surface area contributed by atoms with Gasteiger partial charge < -0.3 is 15.6 Å². The van der Waals surface area contributed by atoms with Crippen LogP contribution >= 0.6 is 0 Å². The highest BCUT2D eigenvalue weighted by Gasteiger charge is 2.40. The zero-order valence-electron chi connectivity index (χ0n) is 13.6. The van der Waals surface area contributed by atoms with Gasteiger partial charge in [-0.3, -0.25) is 14.4 Å². The van der Waals surface area contributed by atoms with Gasteiger partial charge >= 0.3 is 0 Å². The van der Waals surface area contributed by atoms with Crippen LogP contribution in [0.1, 0.15) is 42.6 Å². The topological polar surface area (TPSA) is 91.1 Å². The van der Waals surface area contributed by atoms with Crippen LogP contribution in [0.5, 0.6) is 0 Å². The molecule has 0 atom stereocenters. The molecule has 3 rings (SSSR count). The maximum absolute atomic E-state index is 12.7. The number of H-pyrrole nitrogens is 1. The van der Waals surface area contributed by atoms with Crippen LogP contribution in [-0.4, -0.2) is 29.4 Å². The van der Waals surface area contributed by atoms with Gasteiger partial charge in [-0.2, -0.15) is 0 Å². The summed E-state index contributed by atoms with van der Waals surface area (Å²) in [6.07, 6.45) is 4.05. The molecule has 0 unspecified atom stereocenters. The normalized spacial score (nSPS) is 16.5. The number of likely N-dealkylation sites (N-methyl/N-ethyl adjacent to an activating group) is 1. The molecule has 24 heavy (non-hydrogen) atoms. The number of hydrogen-bond donors (Lipinski definition) is 3. The Balaban J connectivity index is 1.93. The number of hydrogen-bond acceptors (Lipinski definition) is 3. The molecule has 1 heterocycles. The zero-order chi connectivity index (χ0) is 17.2. The number of carbonyl (C=O) groups excluding carboxylic acids is 2. The smallest absolute Gasteiger partial charge is 0.268 e. The number of fused-ring (bicyclic) bond motifs is 1. The highest BCUT2D eigenvalue weighted by molar-refractivity contribution is 6.00. The first-order valence-electron chi connectivity index (χ1n) is 8.22. The van der Waals surface area contributed by atoms with Gasteiger partial charge in [0.15, 0.2) is 0 Å². The second-order valence-electron chi connectivity index (χ2n) is 6.28. The molecule has 1 fully saturated rings. The molecule has 126 valence electrons. The summed E-state index contributed by atoms with van der Waals surface area (Å²) in [5, 5.41) is 6.75. The van der Waals surface area contributed by atoms with E-state index in [9.17, 15) is 14.4 Å². The van der Waals surface area contributed by atoms with Crippen LogP contribution in [0.25, 0.3) is 10.8 Å². The fourth-order valence-electron chi connectivity index (χ4n) is 3.42. The summed E-state index contributed by atoms with van der Waals surface area (Å²) < 4.78 is 0. The van der Waals surface area contributed by atoms with Crippen LogP contribution in [0.3, 0.4) is 0 Å². The van der Waals surface area contributed by atoms with E-state index in [1.165, 1.54) is 0 Å². The first-order chi connectivity index (χ1) is 11.6. The molecule has 0 aliphatic heterocycles. The lowest BCUT2D eigenvalue weighted by Crippen LogP contribution is -2.59. The van der Waals surface area contributed by atoms with Gasteiger partial charge in [0.05, 0.1) is 0 Å². The molecule has 0 bridgehead atoms. The Kier molecular flexibility index (Phi) is 4.38. The molecule has 2 amide bonds. The molecule has 6 heteroatoms. The fraction of sp³-hybridized carbons (Fsp3) is 0.389. The average Bonchev–Trinajstić information content (AvgIpc) is 2.61. The minimum absolute atomic E-state index is 0.174. The lowest BCUT2D eigenvalue weighted by Gasteiger charge is -2.36. The van der Waals surface area contributed by atoms with E-state index in [1.54, 1.807) is 31.3 Å². The number of nitrogens with one attached hydrogen (secondary N) is 3. The largest absolute Gasteiger partial charge is 0.357 e. The lowest BCUT2D eigenvalue weighted by atomic mass is 9.80. The molecule has 1 saturated carbocycles. The van der Waals surface area contributed by atoms with Crippen molar-refractivity contribution in [1.29, 1.82) is 0 Å². The fourth-order valence-corrected chi connectivity index (χ4v) is 3.42. The van der Waals surface area contributed by atoms with Crippen LogP contribution in [0.2, 0.25) is 0 Å². The molecule has 1 aliphatic carbocycles. The Labute approximate surface area is 139 Å². The van der Waals surface area contributed by atoms with Crippen LogP contribution in [0.4, 0.5) is 0 Å². The maximum atomic E-state index is 12.7. The van der Waals surface area contributed by atoms with Gasteiger partial charge in [0.25, 0.3) is 11.5 Å². The first-order valence-corrected chi connectivity index (χ1v) is 8.22. The van der Waals surface area contributed by atoms with Crippen LogP contribution in [-0.2, 0) is 4.79 Å². The molecule has 0 radical (unpaired) electrons.